The first kappa shape index (κ1) is 17.0. The smallest absolute Gasteiger partial charge is 0.271 e. The molecular formula is C17H17BrN2O3. The summed E-state index contributed by atoms with van der Waals surface area (Å²) < 4.78 is 11.3. The van der Waals surface area contributed by atoms with E-state index in [2.05, 4.69) is 26.5 Å². The number of hydrazone groups is 1. The van der Waals surface area contributed by atoms with Crippen molar-refractivity contribution in [1.82, 2.24) is 5.43 Å². The van der Waals surface area contributed by atoms with Crippen LogP contribution in [-0.4, -0.2) is 25.8 Å². The van der Waals surface area contributed by atoms with Gasteiger partial charge in [0.15, 0.2) is 11.5 Å². The molecule has 2 rings (SSSR count). The first-order valence-electron chi connectivity index (χ1n) is 6.87. The lowest BCUT2D eigenvalue weighted by Crippen LogP contribution is -2.19. The molecule has 0 aliphatic heterocycles. The van der Waals surface area contributed by atoms with Crippen molar-refractivity contribution in [2.45, 2.75) is 6.92 Å². The van der Waals surface area contributed by atoms with Gasteiger partial charge in [-0.3, -0.25) is 4.79 Å². The van der Waals surface area contributed by atoms with E-state index in [4.69, 9.17) is 9.47 Å². The summed E-state index contributed by atoms with van der Waals surface area (Å²) >= 11 is 3.34. The summed E-state index contributed by atoms with van der Waals surface area (Å²) in [5, 5.41) is 4.14. The zero-order valence-electron chi connectivity index (χ0n) is 13.1. The number of methoxy groups -OCH3 is 2. The van der Waals surface area contributed by atoms with Crippen LogP contribution in [0.2, 0.25) is 0 Å². The number of benzene rings is 2. The molecule has 6 heteroatoms. The molecule has 0 saturated heterocycles. The number of carbonyl (C=O) groups excluding carboxylic acids is 1. The van der Waals surface area contributed by atoms with E-state index in [-0.39, 0.29) is 5.91 Å². The lowest BCUT2D eigenvalue weighted by molar-refractivity contribution is 0.0955. The Balaban J connectivity index is 2.15. The Kier molecular flexibility index (Phi) is 5.76. The minimum atomic E-state index is -0.272. The SMILES string of the molecule is COc1ccc(/C(C)=N\NC(=O)c2cccc(Br)c2)cc1OC. The lowest BCUT2D eigenvalue weighted by Gasteiger charge is -2.09. The van der Waals surface area contributed by atoms with Crippen LogP contribution in [0.4, 0.5) is 0 Å². The maximum atomic E-state index is 12.1. The monoisotopic (exact) mass is 376 g/mol. The van der Waals surface area contributed by atoms with Gasteiger partial charge in [0.05, 0.1) is 19.9 Å². The predicted octanol–water partition coefficient (Wildman–Crippen LogP) is 3.62. The Bertz CT molecular complexity index is 744. The van der Waals surface area contributed by atoms with Gasteiger partial charge in [-0.1, -0.05) is 22.0 Å². The highest BCUT2D eigenvalue weighted by molar-refractivity contribution is 9.10. The molecule has 23 heavy (non-hydrogen) atoms. The quantitative estimate of drug-likeness (QED) is 0.640. The highest BCUT2D eigenvalue weighted by Gasteiger charge is 2.08. The Morgan fingerprint density at radius 3 is 2.43 bits per heavy atom. The average molecular weight is 377 g/mol. The molecular weight excluding hydrogens is 360 g/mol. The molecule has 0 aromatic heterocycles. The number of rotatable bonds is 5. The first-order valence-corrected chi connectivity index (χ1v) is 7.67. The molecule has 0 atom stereocenters. The summed E-state index contributed by atoms with van der Waals surface area (Å²) in [6.07, 6.45) is 0. The third kappa shape index (κ3) is 4.32. The van der Waals surface area contributed by atoms with Crippen molar-refractivity contribution in [2.75, 3.05) is 14.2 Å². The van der Waals surface area contributed by atoms with Crippen molar-refractivity contribution >= 4 is 27.5 Å². The third-order valence-electron chi connectivity index (χ3n) is 3.21. The summed E-state index contributed by atoms with van der Waals surface area (Å²) in [7, 11) is 3.15. The van der Waals surface area contributed by atoms with Crippen molar-refractivity contribution in [1.29, 1.82) is 0 Å². The Morgan fingerprint density at radius 2 is 1.78 bits per heavy atom. The number of amides is 1. The number of hydrogen-bond donors (Lipinski definition) is 1. The molecule has 0 aliphatic rings. The number of ether oxygens (including phenoxy) is 2. The third-order valence-corrected chi connectivity index (χ3v) is 3.71. The van der Waals surface area contributed by atoms with Crippen LogP contribution < -0.4 is 14.9 Å². The maximum Gasteiger partial charge on any atom is 0.271 e. The molecule has 0 radical (unpaired) electrons. The minimum Gasteiger partial charge on any atom is -0.493 e. The van der Waals surface area contributed by atoms with Crippen molar-refractivity contribution in [3.63, 3.8) is 0 Å². The van der Waals surface area contributed by atoms with E-state index in [0.717, 1.165) is 10.0 Å². The Labute approximate surface area is 143 Å². The van der Waals surface area contributed by atoms with Crippen LogP contribution in [0.1, 0.15) is 22.8 Å². The van der Waals surface area contributed by atoms with E-state index >= 15 is 0 Å². The minimum absolute atomic E-state index is 0.272. The number of nitrogens with one attached hydrogen (secondary N) is 1. The summed E-state index contributed by atoms with van der Waals surface area (Å²) in [6, 6.07) is 12.6. The molecule has 0 spiro atoms. The van der Waals surface area contributed by atoms with Crippen molar-refractivity contribution < 1.29 is 14.3 Å². The van der Waals surface area contributed by atoms with Crippen LogP contribution in [0.3, 0.4) is 0 Å². The predicted molar refractivity (Wildman–Crippen MR) is 93.4 cm³/mol. The van der Waals surface area contributed by atoms with Gasteiger partial charge in [-0.15, -0.1) is 0 Å². The highest BCUT2D eigenvalue weighted by atomic mass is 79.9. The van der Waals surface area contributed by atoms with E-state index in [9.17, 15) is 4.79 Å². The Morgan fingerprint density at radius 1 is 1.04 bits per heavy atom. The van der Waals surface area contributed by atoms with Crippen molar-refractivity contribution in [3.8, 4) is 11.5 Å². The van der Waals surface area contributed by atoms with Gasteiger partial charge in [-0.05, 0) is 43.3 Å². The standard InChI is InChI=1S/C17H17BrN2O3/c1-11(12-7-8-15(22-2)16(10-12)23-3)19-20-17(21)13-5-4-6-14(18)9-13/h4-10H,1-3H3,(H,20,21)/b19-11-. The number of hydrogen-bond acceptors (Lipinski definition) is 4. The number of nitrogens with zero attached hydrogens (tertiary/aromatic N) is 1. The molecule has 0 aliphatic carbocycles. The fourth-order valence-electron chi connectivity index (χ4n) is 1.95. The van der Waals surface area contributed by atoms with Crippen LogP contribution in [0.15, 0.2) is 52.0 Å². The van der Waals surface area contributed by atoms with Gasteiger partial charge in [0, 0.05) is 15.6 Å². The fraction of sp³-hybridized carbons (Fsp3) is 0.176. The molecule has 0 bridgehead atoms. The van der Waals surface area contributed by atoms with E-state index < -0.39 is 0 Å². The molecule has 0 heterocycles. The maximum absolute atomic E-state index is 12.1. The molecule has 1 N–H and O–H groups in total. The van der Waals surface area contributed by atoms with Gasteiger partial charge in [0.1, 0.15) is 0 Å². The molecule has 0 saturated carbocycles. The van der Waals surface area contributed by atoms with Crippen LogP contribution in [-0.2, 0) is 0 Å². The normalized spacial score (nSPS) is 11.0. The van der Waals surface area contributed by atoms with Gasteiger partial charge in [-0.25, -0.2) is 5.43 Å². The second-order valence-corrected chi connectivity index (χ2v) is 5.63. The van der Waals surface area contributed by atoms with Crippen LogP contribution >= 0.6 is 15.9 Å². The largest absolute Gasteiger partial charge is 0.493 e. The first-order chi connectivity index (χ1) is 11.0. The van der Waals surface area contributed by atoms with E-state index in [0.29, 0.717) is 22.8 Å². The number of carbonyl (C=O) groups is 1. The summed E-state index contributed by atoms with van der Waals surface area (Å²) in [5.41, 5.74) is 4.57. The lowest BCUT2D eigenvalue weighted by atomic mass is 10.1. The van der Waals surface area contributed by atoms with E-state index in [1.165, 1.54) is 0 Å². The molecule has 2 aromatic rings. The summed E-state index contributed by atoms with van der Waals surface area (Å²) in [5.74, 6) is 0.978. The molecule has 120 valence electrons. The zero-order valence-corrected chi connectivity index (χ0v) is 14.7. The highest BCUT2D eigenvalue weighted by Crippen LogP contribution is 2.27. The van der Waals surface area contributed by atoms with Gasteiger partial charge < -0.3 is 9.47 Å². The fourth-order valence-corrected chi connectivity index (χ4v) is 2.35. The second-order valence-electron chi connectivity index (χ2n) is 4.72. The van der Waals surface area contributed by atoms with Crippen LogP contribution in [0.5, 0.6) is 11.5 Å². The van der Waals surface area contributed by atoms with Gasteiger partial charge in [0.25, 0.3) is 5.91 Å². The van der Waals surface area contributed by atoms with Gasteiger partial charge >= 0.3 is 0 Å². The van der Waals surface area contributed by atoms with Gasteiger partial charge in [-0.2, -0.15) is 5.10 Å². The molecule has 2 aromatic carbocycles. The summed E-state index contributed by atoms with van der Waals surface area (Å²) in [6.45, 7) is 1.81. The molecule has 0 fully saturated rings. The molecule has 1 amide bonds. The average Bonchev–Trinajstić information content (AvgIpc) is 2.58. The van der Waals surface area contributed by atoms with E-state index in [1.54, 1.807) is 38.5 Å². The topological polar surface area (TPSA) is 59.9 Å². The van der Waals surface area contributed by atoms with Crippen molar-refractivity contribution in [3.05, 3.63) is 58.1 Å². The summed E-state index contributed by atoms with van der Waals surface area (Å²) in [4.78, 5) is 12.1. The van der Waals surface area contributed by atoms with Gasteiger partial charge in [0.2, 0.25) is 0 Å². The second kappa shape index (κ2) is 7.78. The zero-order chi connectivity index (χ0) is 16.8. The number of halogens is 1. The van der Waals surface area contributed by atoms with E-state index in [1.807, 2.05) is 25.1 Å². The molecule has 0 unspecified atom stereocenters. The molecule has 5 nitrogen and oxygen atoms in total. The van der Waals surface area contributed by atoms with Crippen LogP contribution in [0.25, 0.3) is 0 Å². The Hall–Kier alpha value is -2.34. The van der Waals surface area contributed by atoms with Crippen molar-refractivity contribution in [2.24, 2.45) is 5.10 Å². The van der Waals surface area contributed by atoms with Crippen LogP contribution in [0, 0.1) is 0 Å².